The Morgan fingerprint density at radius 1 is 1.00 bits per heavy atom. The van der Waals surface area contributed by atoms with Gasteiger partial charge in [0.2, 0.25) is 11.9 Å². The molecule has 0 radical (unpaired) electrons. The van der Waals surface area contributed by atoms with E-state index in [1.165, 1.54) is 18.6 Å². The normalized spacial score (nSPS) is 13.2. The maximum Gasteiger partial charge on any atom is 0.275 e. The standard InChI is InChI=1S/C21H17N7O2/c29-19(14-4-5-14)26-21-25-18-3-1-2-17(28(18)27-21)13-6-8-15(9-7-13)24-20(30)16-12-22-10-11-23-16/h1-3,6-12,14H,4-5H2,(H,24,30)(H,26,27,29). The summed E-state index contributed by atoms with van der Waals surface area (Å²) < 4.78 is 1.69. The van der Waals surface area contributed by atoms with Gasteiger partial charge in [0.1, 0.15) is 5.69 Å². The van der Waals surface area contributed by atoms with Gasteiger partial charge in [-0.05, 0) is 37.1 Å². The van der Waals surface area contributed by atoms with Gasteiger partial charge >= 0.3 is 0 Å². The molecule has 1 aliphatic rings. The number of carbonyl (C=O) groups is 2. The number of rotatable bonds is 5. The Balaban J connectivity index is 1.37. The molecule has 0 atom stereocenters. The Labute approximate surface area is 171 Å². The Hall–Kier alpha value is -4.14. The minimum Gasteiger partial charge on any atom is -0.321 e. The number of amides is 2. The van der Waals surface area contributed by atoms with Gasteiger partial charge in [0.25, 0.3) is 5.91 Å². The Kier molecular flexibility index (Phi) is 4.40. The third-order valence-electron chi connectivity index (χ3n) is 4.78. The number of aromatic nitrogens is 5. The highest BCUT2D eigenvalue weighted by molar-refractivity contribution is 6.02. The summed E-state index contributed by atoms with van der Waals surface area (Å²) in [5, 5.41) is 10.0. The number of hydrogen-bond donors (Lipinski definition) is 2. The summed E-state index contributed by atoms with van der Waals surface area (Å²) in [6.45, 7) is 0. The third-order valence-corrected chi connectivity index (χ3v) is 4.78. The summed E-state index contributed by atoms with van der Waals surface area (Å²) in [5.41, 5.74) is 3.23. The van der Waals surface area contributed by atoms with E-state index in [4.69, 9.17) is 0 Å². The van der Waals surface area contributed by atoms with E-state index < -0.39 is 0 Å². The lowest BCUT2D eigenvalue weighted by Crippen LogP contribution is -2.14. The lowest BCUT2D eigenvalue weighted by atomic mass is 10.1. The van der Waals surface area contributed by atoms with Gasteiger partial charge in [-0.1, -0.05) is 18.2 Å². The molecule has 5 rings (SSSR count). The quantitative estimate of drug-likeness (QED) is 0.533. The first kappa shape index (κ1) is 17.9. The molecule has 148 valence electrons. The predicted octanol–water partition coefficient (Wildman–Crippen LogP) is 2.79. The van der Waals surface area contributed by atoms with Crippen LogP contribution >= 0.6 is 0 Å². The number of pyridine rings is 1. The van der Waals surface area contributed by atoms with Gasteiger partial charge in [-0.15, -0.1) is 5.10 Å². The number of nitrogens with zero attached hydrogens (tertiary/aromatic N) is 5. The lowest BCUT2D eigenvalue weighted by Gasteiger charge is -2.07. The van der Waals surface area contributed by atoms with Gasteiger partial charge in [0, 0.05) is 29.6 Å². The molecule has 4 aromatic rings. The van der Waals surface area contributed by atoms with Crippen molar-refractivity contribution in [1.29, 1.82) is 0 Å². The van der Waals surface area contributed by atoms with E-state index in [1.54, 1.807) is 16.6 Å². The van der Waals surface area contributed by atoms with E-state index in [0.717, 1.165) is 24.1 Å². The largest absolute Gasteiger partial charge is 0.321 e. The zero-order valence-electron chi connectivity index (χ0n) is 15.8. The smallest absolute Gasteiger partial charge is 0.275 e. The van der Waals surface area contributed by atoms with Crippen molar-refractivity contribution in [1.82, 2.24) is 24.6 Å². The fraction of sp³-hybridized carbons (Fsp3) is 0.143. The summed E-state index contributed by atoms with van der Waals surface area (Å²) in [5.74, 6) is 0.0221. The van der Waals surface area contributed by atoms with Gasteiger partial charge in [-0.3, -0.25) is 19.9 Å². The van der Waals surface area contributed by atoms with Crippen LogP contribution in [0.15, 0.2) is 61.1 Å². The van der Waals surface area contributed by atoms with Crippen LogP contribution in [0.25, 0.3) is 16.9 Å². The summed E-state index contributed by atoms with van der Waals surface area (Å²) in [6, 6.07) is 13.0. The van der Waals surface area contributed by atoms with Crippen LogP contribution in [0, 0.1) is 5.92 Å². The summed E-state index contributed by atoms with van der Waals surface area (Å²) in [7, 11) is 0. The van der Waals surface area contributed by atoms with Crippen molar-refractivity contribution in [3.63, 3.8) is 0 Å². The zero-order chi connectivity index (χ0) is 20.5. The highest BCUT2D eigenvalue weighted by Crippen LogP contribution is 2.30. The summed E-state index contributed by atoms with van der Waals surface area (Å²) in [4.78, 5) is 36.5. The number of benzene rings is 1. The fourth-order valence-electron chi connectivity index (χ4n) is 3.07. The van der Waals surface area contributed by atoms with E-state index in [-0.39, 0.29) is 23.4 Å². The van der Waals surface area contributed by atoms with Crippen LogP contribution < -0.4 is 10.6 Å². The molecular weight excluding hydrogens is 382 g/mol. The molecule has 9 heteroatoms. The average molecular weight is 399 g/mol. The van der Waals surface area contributed by atoms with Crippen LogP contribution in [0.5, 0.6) is 0 Å². The number of carbonyl (C=O) groups excluding carboxylic acids is 2. The highest BCUT2D eigenvalue weighted by Gasteiger charge is 2.30. The maximum atomic E-state index is 12.2. The molecule has 9 nitrogen and oxygen atoms in total. The van der Waals surface area contributed by atoms with Crippen LogP contribution in [-0.2, 0) is 4.79 Å². The number of fused-ring (bicyclic) bond motifs is 1. The molecule has 0 unspecified atom stereocenters. The van der Waals surface area contributed by atoms with Crippen LogP contribution in [0.1, 0.15) is 23.3 Å². The first-order valence-corrected chi connectivity index (χ1v) is 9.52. The Morgan fingerprint density at radius 3 is 2.57 bits per heavy atom. The van der Waals surface area contributed by atoms with E-state index in [2.05, 4.69) is 30.7 Å². The Morgan fingerprint density at radius 2 is 1.83 bits per heavy atom. The van der Waals surface area contributed by atoms with E-state index >= 15 is 0 Å². The van der Waals surface area contributed by atoms with Crippen LogP contribution in [-0.4, -0.2) is 36.4 Å². The van der Waals surface area contributed by atoms with Crippen LogP contribution in [0.2, 0.25) is 0 Å². The maximum absolute atomic E-state index is 12.2. The second-order valence-corrected chi connectivity index (χ2v) is 7.00. The third kappa shape index (κ3) is 3.60. The lowest BCUT2D eigenvalue weighted by molar-refractivity contribution is -0.117. The van der Waals surface area contributed by atoms with E-state index in [1.807, 2.05) is 30.3 Å². The zero-order valence-corrected chi connectivity index (χ0v) is 15.8. The second kappa shape index (κ2) is 7.36. The van der Waals surface area contributed by atoms with Gasteiger partial charge in [0.15, 0.2) is 5.65 Å². The molecule has 0 saturated heterocycles. The van der Waals surface area contributed by atoms with Gasteiger partial charge in [0.05, 0.1) is 11.9 Å². The molecule has 2 amide bonds. The highest BCUT2D eigenvalue weighted by atomic mass is 16.2. The molecular formula is C21H17N7O2. The molecule has 3 heterocycles. The number of anilines is 2. The molecule has 30 heavy (non-hydrogen) atoms. The van der Waals surface area contributed by atoms with E-state index in [0.29, 0.717) is 17.3 Å². The topological polar surface area (TPSA) is 114 Å². The van der Waals surface area contributed by atoms with E-state index in [9.17, 15) is 9.59 Å². The summed E-state index contributed by atoms with van der Waals surface area (Å²) in [6.07, 6.45) is 6.24. The molecule has 1 aliphatic carbocycles. The molecule has 1 aromatic carbocycles. The van der Waals surface area contributed by atoms with Crippen molar-refractivity contribution in [3.8, 4) is 11.3 Å². The molecule has 1 saturated carbocycles. The van der Waals surface area contributed by atoms with Crippen molar-refractivity contribution in [3.05, 3.63) is 66.7 Å². The molecule has 0 bridgehead atoms. The second-order valence-electron chi connectivity index (χ2n) is 7.00. The molecule has 3 aromatic heterocycles. The minimum atomic E-state index is -0.328. The van der Waals surface area contributed by atoms with Crippen molar-refractivity contribution in [2.45, 2.75) is 12.8 Å². The first-order valence-electron chi connectivity index (χ1n) is 9.52. The van der Waals surface area contributed by atoms with Crippen molar-refractivity contribution < 1.29 is 9.59 Å². The van der Waals surface area contributed by atoms with Crippen molar-refractivity contribution in [2.24, 2.45) is 5.92 Å². The summed E-state index contributed by atoms with van der Waals surface area (Å²) >= 11 is 0. The molecule has 0 aliphatic heterocycles. The van der Waals surface area contributed by atoms with Gasteiger partial charge in [-0.25, -0.2) is 9.50 Å². The average Bonchev–Trinajstić information content (AvgIpc) is 3.55. The molecule has 2 N–H and O–H groups in total. The number of nitrogens with one attached hydrogen (secondary N) is 2. The van der Waals surface area contributed by atoms with Gasteiger partial charge < -0.3 is 5.32 Å². The fourth-order valence-corrected chi connectivity index (χ4v) is 3.07. The van der Waals surface area contributed by atoms with Crippen molar-refractivity contribution in [2.75, 3.05) is 10.6 Å². The number of hydrogen-bond acceptors (Lipinski definition) is 6. The molecule has 0 spiro atoms. The van der Waals surface area contributed by atoms with Crippen LogP contribution in [0.4, 0.5) is 11.6 Å². The van der Waals surface area contributed by atoms with Crippen molar-refractivity contribution >= 4 is 29.1 Å². The SMILES string of the molecule is O=C(Nc1ccc(-c2cccc3nc(NC(=O)C4CC4)nn23)cc1)c1cnccn1. The minimum absolute atomic E-state index is 0.0318. The van der Waals surface area contributed by atoms with Gasteiger partial charge in [-0.2, -0.15) is 4.98 Å². The predicted molar refractivity (Wildman–Crippen MR) is 110 cm³/mol. The molecule has 1 fully saturated rings. The Bertz CT molecular complexity index is 1230. The monoisotopic (exact) mass is 399 g/mol. The van der Waals surface area contributed by atoms with Crippen LogP contribution in [0.3, 0.4) is 0 Å². The first-order chi connectivity index (χ1) is 14.7.